The van der Waals surface area contributed by atoms with Gasteiger partial charge in [-0.2, -0.15) is 0 Å². The number of morpholine rings is 1. The van der Waals surface area contributed by atoms with E-state index in [0.29, 0.717) is 37.4 Å². The third-order valence-corrected chi connectivity index (χ3v) is 5.01. The van der Waals surface area contributed by atoms with E-state index in [9.17, 15) is 14.7 Å². The van der Waals surface area contributed by atoms with Gasteiger partial charge in [0.25, 0.3) is 5.91 Å². The Hall–Kier alpha value is -2.65. The van der Waals surface area contributed by atoms with Crippen LogP contribution in [0.4, 0.5) is 4.79 Å². The Kier molecular flexibility index (Phi) is 5.45. The lowest BCUT2D eigenvalue weighted by Crippen LogP contribution is -2.45. The second kappa shape index (κ2) is 8.15. The van der Waals surface area contributed by atoms with Crippen LogP contribution in [-0.4, -0.2) is 65.9 Å². The van der Waals surface area contributed by atoms with E-state index in [1.54, 1.807) is 17.0 Å². The third kappa shape index (κ3) is 4.26. The topological polar surface area (TPSA) is 114 Å². The van der Waals surface area contributed by atoms with Crippen molar-refractivity contribution in [3.63, 3.8) is 0 Å². The minimum atomic E-state index is -1.10. The van der Waals surface area contributed by atoms with E-state index in [2.05, 4.69) is 10.3 Å². The van der Waals surface area contributed by atoms with E-state index >= 15 is 0 Å². The Balaban J connectivity index is 1.35. The zero-order valence-electron chi connectivity index (χ0n) is 15.4. The molecule has 9 nitrogen and oxygen atoms in total. The highest BCUT2D eigenvalue weighted by Crippen LogP contribution is 2.38. The van der Waals surface area contributed by atoms with Gasteiger partial charge in [-0.05, 0) is 30.9 Å². The van der Waals surface area contributed by atoms with Gasteiger partial charge in [0.2, 0.25) is 5.89 Å². The minimum absolute atomic E-state index is 0.118. The molecule has 1 aliphatic heterocycles. The smallest absolute Gasteiger partial charge is 0.407 e. The van der Waals surface area contributed by atoms with Crippen LogP contribution >= 0.6 is 0 Å². The van der Waals surface area contributed by atoms with Crippen LogP contribution in [0, 0.1) is 5.92 Å². The van der Waals surface area contributed by atoms with Crippen LogP contribution in [0.1, 0.15) is 24.8 Å². The monoisotopic (exact) mass is 389 g/mol. The van der Waals surface area contributed by atoms with Gasteiger partial charge in [-0.3, -0.25) is 4.79 Å². The van der Waals surface area contributed by atoms with E-state index in [1.165, 1.54) is 0 Å². The van der Waals surface area contributed by atoms with Gasteiger partial charge in [-0.25, -0.2) is 9.78 Å². The molecule has 28 heavy (non-hydrogen) atoms. The van der Waals surface area contributed by atoms with Crippen molar-refractivity contribution in [3.05, 3.63) is 30.2 Å². The Morgan fingerprint density at radius 3 is 2.75 bits per heavy atom. The molecule has 1 aromatic carbocycles. The number of aliphatic hydroxyl groups is 1. The standard InChI is InChI=1S/C19H23N3O6/c23-15(22-7-9-26-10-8-22)11-27-19(25)21-16(12-5-6-12)17(24)18-20-13-3-1-2-4-14(13)28-18/h1-4,12,16-17,24H,5-11H2,(H,21,25). The van der Waals surface area contributed by atoms with Crippen molar-refractivity contribution in [1.82, 2.24) is 15.2 Å². The van der Waals surface area contributed by atoms with Gasteiger partial charge in [0.1, 0.15) is 5.52 Å². The lowest BCUT2D eigenvalue weighted by Gasteiger charge is -2.27. The fourth-order valence-corrected chi connectivity index (χ4v) is 3.29. The molecule has 0 radical (unpaired) electrons. The van der Waals surface area contributed by atoms with E-state index < -0.39 is 18.2 Å². The van der Waals surface area contributed by atoms with Gasteiger partial charge in [0, 0.05) is 13.1 Å². The molecule has 4 rings (SSSR count). The van der Waals surface area contributed by atoms with Crippen molar-refractivity contribution in [2.45, 2.75) is 25.0 Å². The maximum absolute atomic E-state index is 12.2. The fourth-order valence-electron chi connectivity index (χ4n) is 3.29. The van der Waals surface area contributed by atoms with Gasteiger partial charge in [0.05, 0.1) is 19.3 Å². The Morgan fingerprint density at radius 2 is 2.04 bits per heavy atom. The highest BCUT2D eigenvalue weighted by Gasteiger charge is 2.40. The molecule has 2 aliphatic rings. The number of hydrogen-bond donors (Lipinski definition) is 2. The first kappa shape index (κ1) is 18.7. The largest absolute Gasteiger partial charge is 0.439 e. The highest BCUT2D eigenvalue weighted by molar-refractivity contribution is 5.80. The average molecular weight is 389 g/mol. The Bertz CT molecular complexity index is 810. The molecule has 2 N–H and O–H groups in total. The number of alkyl carbamates (subject to hydrolysis) is 1. The van der Waals surface area contributed by atoms with E-state index in [1.807, 2.05) is 12.1 Å². The van der Waals surface area contributed by atoms with Crippen LogP contribution in [0.3, 0.4) is 0 Å². The number of oxazole rings is 1. The number of ether oxygens (including phenoxy) is 2. The number of nitrogens with zero attached hydrogens (tertiary/aromatic N) is 2. The van der Waals surface area contributed by atoms with Crippen LogP contribution in [0.25, 0.3) is 11.1 Å². The predicted octanol–water partition coefficient (Wildman–Crippen LogP) is 1.22. The maximum atomic E-state index is 12.2. The van der Waals surface area contributed by atoms with Crippen LogP contribution in [0.5, 0.6) is 0 Å². The summed E-state index contributed by atoms with van der Waals surface area (Å²) in [7, 11) is 0. The molecule has 0 bridgehead atoms. The number of aromatic nitrogens is 1. The van der Waals surface area contributed by atoms with Crippen molar-refractivity contribution in [2.24, 2.45) is 5.92 Å². The minimum Gasteiger partial charge on any atom is -0.439 e. The van der Waals surface area contributed by atoms with E-state index in [-0.39, 0.29) is 24.3 Å². The van der Waals surface area contributed by atoms with Crippen LogP contribution in [0.15, 0.2) is 28.7 Å². The number of hydrogen-bond acceptors (Lipinski definition) is 7. The first-order chi connectivity index (χ1) is 13.6. The quantitative estimate of drug-likeness (QED) is 0.764. The van der Waals surface area contributed by atoms with Crippen LogP contribution in [-0.2, 0) is 14.3 Å². The van der Waals surface area contributed by atoms with Crippen molar-refractivity contribution in [2.75, 3.05) is 32.9 Å². The van der Waals surface area contributed by atoms with Gasteiger partial charge >= 0.3 is 6.09 Å². The summed E-state index contributed by atoms with van der Waals surface area (Å²) in [6.07, 6.45) is -0.0692. The SMILES string of the molecule is O=C(NC(C1CC1)C(O)c1nc2ccccc2o1)OCC(=O)N1CCOCC1. The summed E-state index contributed by atoms with van der Waals surface area (Å²) < 4.78 is 15.9. The molecule has 1 saturated heterocycles. The summed E-state index contributed by atoms with van der Waals surface area (Å²) in [5.41, 5.74) is 1.22. The summed E-state index contributed by atoms with van der Waals surface area (Å²) in [6, 6.07) is 6.63. The van der Waals surface area contributed by atoms with Gasteiger partial charge in [-0.1, -0.05) is 12.1 Å². The molecule has 2 atom stereocenters. The Morgan fingerprint density at radius 1 is 1.29 bits per heavy atom. The van der Waals surface area contributed by atoms with Crippen molar-refractivity contribution in [1.29, 1.82) is 0 Å². The number of fused-ring (bicyclic) bond motifs is 1. The number of para-hydroxylation sites is 2. The van der Waals surface area contributed by atoms with Crippen molar-refractivity contribution < 1.29 is 28.6 Å². The molecule has 1 aliphatic carbocycles. The maximum Gasteiger partial charge on any atom is 0.407 e. The molecule has 9 heteroatoms. The molecule has 1 aromatic heterocycles. The van der Waals surface area contributed by atoms with E-state index in [0.717, 1.165) is 12.8 Å². The van der Waals surface area contributed by atoms with Gasteiger partial charge in [-0.15, -0.1) is 0 Å². The molecular weight excluding hydrogens is 366 g/mol. The normalized spacial score (nSPS) is 19.2. The zero-order valence-corrected chi connectivity index (χ0v) is 15.4. The molecule has 2 heterocycles. The number of aliphatic hydroxyl groups excluding tert-OH is 1. The highest BCUT2D eigenvalue weighted by atomic mass is 16.6. The summed E-state index contributed by atoms with van der Waals surface area (Å²) in [5, 5.41) is 13.4. The van der Waals surface area contributed by atoms with Crippen LogP contribution < -0.4 is 5.32 Å². The summed E-state index contributed by atoms with van der Waals surface area (Å²) in [4.78, 5) is 30.2. The van der Waals surface area contributed by atoms with Gasteiger partial charge in [0.15, 0.2) is 18.3 Å². The first-order valence-electron chi connectivity index (χ1n) is 9.44. The predicted molar refractivity (Wildman–Crippen MR) is 97.4 cm³/mol. The second-order valence-electron chi connectivity index (χ2n) is 7.04. The summed E-state index contributed by atoms with van der Waals surface area (Å²) in [6.45, 7) is 1.61. The average Bonchev–Trinajstić information content (AvgIpc) is 3.47. The first-order valence-corrected chi connectivity index (χ1v) is 9.44. The number of benzene rings is 1. The molecule has 150 valence electrons. The second-order valence-corrected chi connectivity index (χ2v) is 7.04. The molecule has 2 fully saturated rings. The molecule has 2 aromatic rings. The summed E-state index contributed by atoms with van der Waals surface area (Å²) in [5.74, 6) is 0.0104. The molecule has 0 spiro atoms. The third-order valence-electron chi connectivity index (χ3n) is 5.01. The fraction of sp³-hybridized carbons (Fsp3) is 0.526. The number of rotatable bonds is 6. The van der Waals surface area contributed by atoms with Gasteiger partial charge < -0.3 is 29.2 Å². The number of carbonyl (C=O) groups is 2. The lowest BCUT2D eigenvalue weighted by molar-refractivity contribution is -0.138. The molecular formula is C19H23N3O6. The summed E-state index contributed by atoms with van der Waals surface area (Å²) >= 11 is 0. The number of carbonyl (C=O) groups excluding carboxylic acids is 2. The molecule has 2 amide bonds. The number of amides is 2. The zero-order chi connectivity index (χ0) is 19.5. The van der Waals surface area contributed by atoms with Crippen molar-refractivity contribution >= 4 is 23.1 Å². The lowest BCUT2D eigenvalue weighted by atomic mass is 10.1. The van der Waals surface area contributed by atoms with Crippen molar-refractivity contribution in [3.8, 4) is 0 Å². The Labute approximate surface area is 161 Å². The van der Waals surface area contributed by atoms with Crippen LogP contribution in [0.2, 0.25) is 0 Å². The number of nitrogens with one attached hydrogen (secondary N) is 1. The molecule has 2 unspecified atom stereocenters. The molecule has 1 saturated carbocycles. The van der Waals surface area contributed by atoms with E-state index in [4.69, 9.17) is 13.9 Å².